The van der Waals surface area contributed by atoms with E-state index in [1.165, 1.54) is 0 Å². The van der Waals surface area contributed by atoms with E-state index in [-0.39, 0.29) is 5.63 Å². The van der Waals surface area contributed by atoms with Crippen molar-refractivity contribution in [2.24, 2.45) is 0 Å². The van der Waals surface area contributed by atoms with Crippen LogP contribution in [-0.2, 0) is 0 Å². The van der Waals surface area contributed by atoms with Gasteiger partial charge in [-0.1, -0.05) is 60.7 Å². The number of furan rings is 1. The summed E-state index contributed by atoms with van der Waals surface area (Å²) >= 11 is 0. The molecule has 35 heavy (non-hydrogen) atoms. The van der Waals surface area contributed by atoms with Crippen molar-refractivity contribution in [2.75, 3.05) is 0 Å². The van der Waals surface area contributed by atoms with Gasteiger partial charge in [-0.05, 0) is 42.5 Å². The molecule has 0 atom stereocenters. The lowest BCUT2D eigenvalue weighted by molar-refractivity contribution is 0.570. The average molecular weight is 451 g/mol. The van der Waals surface area contributed by atoms with E-state index >= 15 is 0 Å². The second kappa shape index (κ2) is 6.61. The van der Waals surface area contributed by atoms with Crippen molar-refractivity contribution in [3.05, 3.63) is 114 Å². The van der Waals surface area contributed by atoms with E-state index in [0.29, 0.717) is 11.0 Å². The predicted octanol–water partition coefficient (Wildman–Crippen LogP) is 7.94. The van der Waals surface area contributed by atoms with E-state index in [4.69, 9.17) is 8.83 Å². The number of hydrogen-bond acceptors (Lipinski definition) is 3. The Morgan fingerprint density at radius 1 is 0.514 bits per heavy atom. The maximum Gasteiger partial charge on any atom is 0.344 e. The molecule has 0 bridgehead atoms. The highest BCUT2D eigenvalue weighted by atomic mass is 16.4. The maximum atomic E-state index is 13.0. The second-order valence-corrected chi connectivity index (χ2v) is 8.90. The first-order valence-corrected chi connectivity index (χ1v) is 11.6. The molecule has 0 aliphatic rings. The zero-order valence-electron chi connectivity index (χ0n) is 18.5. The Morgan fingerprint density at radius 2 is 1.17 bits per heavy atom. The lowest BCUT2D eigenvalue weighted by atomic mass is 10.0. The average Bonchev–Trinajstić information content (AvgIpc) is 3.44. The summed E-state index contributed by atoms with van der Waals surface area (Å²) in [6, 6.07) is 34.5. The van der Waals surface area contributed by atoms with Crippen LogP contribution >= 0.6 is 0 Å². The van der Waals surface area contributed by atoms with E-state index in [0.717, 1.165) is 60.2 Å². The molecular formula is C31H17NO3. The zero-order valence-corrected chi connectivity index (χ0v) is 18.5. The highest BCUT2D eigenvalue weighted by Crippen LogP contribution is 2.39. The molecule has 0 spiro atoms. The van der Waals surface area contributed by atoms with Crippen molar-refractivity contribution < 1.29 is 8.83 Å². The van der Waals surface area contributed by atoms with Crippen LogP contribution in [0.2, 0.25) is 0 Å². The maximum absolute atomic E-state index is 13.0. The van der Waals surface area contributed by atoms with Crippen molar-refractivity contribution in [3.8, 4) is 5.69 Å². The molecule has 0 amide bonds. The Morgan fingerprint density at radius 3 is 2.03 bits per heavy atom. The van der Waals surface area contributed by atoms with Crippen LogP contribution in [-0.4, -0.2) is 4.57 Å². The van der Waals surface area contributed by atoms with Gasteiger partial charge in [0.1, 0.15) is 16.7 Å². The Balaban J connectivity index is 1.63. The van der Waals surface area contributed by atoms with E-state index in [1.807, 2.05) is 60.7 Å². The Labute approximate surface area is 198 Å². The number of aromatic nitrogens is 1. The zero-order chi connectivity index (χ0) is 23.1. The third-order valence-electron chi connectivity index (χ3n) is 7.03. The highest BCUT2D eigenvalue weighted by Gasteiger charge is 2.19. The molecule has 0 fully saturated rings. The molecule has 0 saturated carbocycles. The van der Waals surface area contributed by atoms with Gasteiger partial charge in [0.05, 0.1) is 16.4 Å². The van der Waals surface area contributed by atoms with Crippen LogP contribution in [0.1, 0.15) is 0 Å². The number of nitrogens with zero attached hydrogens (tertiary/aromatic N) is 1. The summed E-state index contributed by atoms with van der Waals surface area (Å²) in [6.45, 7) is 0. The Hall–Kier alpha value is -4.83. The van der Waals surface area contributed by atoms with Crippen LogP contribution in [0.15, 0.2) is 117 Å². The fraction of sp³-hybridized carbons (Fsp3) is 0. The van der Waals surface area contributed by atoms with Crippen LogP contribution in [0.5, 0.6) is 0 Å². The third-order valence-corrected chi connectivity index (χ3v) is 7.03. The molecule has 0 aliphatic carbocycles. The fourth-order valence-corrected chi connectivity index (χ4v) is 5.54. The lowest BCUT2D eigenvalue weighted by Gasteiger charge is -2.11. The topological polar surface area (TPSA) is 48.3 Å². The molecule has 0 aliphatic heterocycles. The minimum atomic E-state index is -0.325. The molecule has 3 aromatic heterocycles. The van der Waals surface area contributed by atoms with E-state index in [2.05, 4.69) is 47.0 Å². The van der Waals surface area contributed by atoms with Crippen molar-refractivity contribution >= 4 is 65.5 Å². The van der Waals surface area contributed by atoms with Gasteiger partial charge in [-0.2, -0.15) is 0 Å². The van der Waals surface area contributed by atoms with Gasteiger partial charge >= 0.3 is 5.63 Å². The van der Waals surface area contributed by atoms with Gasteiger partial charge < -0.3 is 13.4 Å². The van der Waals surface area contributed by atoms with E-state index in [9.17, 15) is 4.79 Å². The van der Waals surface area contributed by atoms with Crippen LogP contribution in [0.3, 0.4) is 0 Å². The first-order valence-electron chi connectivity index (χ1n) is 11.6. The minimum absolute atomic E-state index is 0.325. The van der Waals surface area contributed by atoms with Crippen molar-refractivity contribution in [2.45, 2.75) is 0 Å². The quantitative estimate of drug-likeness (QED) is 0.188. The summed E-state index contributed by atoms with van der Waals surface area (Å²) < 4.78 is 14.0. The van der Waals surface area contributed by atoms with Crippen LogP contribution in [0, 0.1) is 0 Å². The van der Waals surface area contributed by atoms with Crippen molar-refractivity contribution in [3.63, 3.8) is 0 Å². The number of fused-ring (bicyclic) bond motifs is 10. The van der Waals surface area contributed by atoms with Gasteiger partial charge in [-0.15, -0.1) is 0 Å². The fourth-order valence-electron chi connectivity index (χ4n) is 5.54. The van der Waals surface area contributed by atoms with Crippen LogP contribution in [0.4, 0.5) is 0 Å². The van der Waals surface area contributed by atoms with E-state index < -0.39 is 0 Å². The molecule has 0 radical (unpaired) electrons. The minimum Gasteiger partial charge on any atom is -0.456 e. The molecule has 4 nitrogen and oxygen atoms in total. The molecule has 8 rings (SSSR count). The first-order chi connectivity index (χ1) is 17.3. The first kappa shape index (κ1) is 18.6. The molecule has 4 heteroatoms. The van der Waals surface area contributed by atoms with Gasteiger partial charge in [0.15, 0.2) is 0 Å². The Bertz CT molecular complexity index is 2190. The van der Waals surface area contributed by atoms with Crippen LogP contribution in [0.25, 0.3) is 71.2 Å². The second-order valence-electron chi connectivity index (χ2n) is 8.90. The standard InChI is InChI=1S/C31H17NO3/c33-31-23-15-14-21-19-7-1-4-10-25(19)32(30(21)29(23)22-9-3-6-12-27(22)35-31)18-13-16-28-24(17-18)20-8-2-5-11-26(20)34-28/h1-17H. The molecule has 5 aromatic carbocycles. The highest BCUT2D eigenvalue weighted by molar-refractivity contribution is 6.24. The molecular weight excluding hydrogens is 434 g/mol. The summed E-state index contributed by atoms with van der Waals surface area (Å²) in [7, 11) is 0. The van der Waals surface area contributed by atoms with Gasteiger partial charge in [0.25, 0.3) is 0 Å². The van der Waals surface area contributed by atoms with Crippen molar-refractivity contribution in [1.82, 2.24) is 4.57 Å². The largest absolute Gasteiger partial charge is 0.456 e. The smallest absolute Gasteiger partial charge is 0.344 e. The third kappa shape index (κ3) is 2.43. The number of hydrogen-bond donors (Lipinski definition) is 0. The van der Waals surface area contributed by atoms with Gasteiger partial charge in [-0.25, -0.2) is 4.79 Å². The number of benzene rings is 5. The summed E-state index contributed by atoms with van der Waals surface area (Å²) in [5.41, 5.74) is 5.08. The van der Waals surface area contributed by atoms with Crippen LogP contribution < -0.4 is 5.63 Å². The molecule has 0 N–H and O–H groups in total. The number of para-hydroxylation sites is 3. The molecule has 8 aromatic rings. The lowest BCUT2D eigenvalue weighted by Crippen LogP contribution is -2.02. The summed E-state index contributed by atoms with van der Waals surface area (Å²) in [5, 5.41) is 6.79. The van der Waals surface area contributed by atoms with E-state index in [1.54, 1.807) is 0 Å². The Kier molecular flexibility index (Phi) is 3.51. The summed E-state index contributed by atoms with van der Waals surface area (Å²) in [5.74, 6) is 0. The van der Waals surface area contributed by atoms with Gasteiger partial charge in [0, 0.05) is 38.0 Å². The molecule has 0 saturated heterocycles. The summed E-state index contributed by atoms with van der Waals surface area (Å²) in [6.07, 6.45) is 0. The number of rotatable bonds is 1. The monoisotopic (exact) mass is 451 g/mol. The van der Waals surface area contributed by atoms with Gasteiger partial charge in [-0.3, -0.25) is 0 Å². The van der Waals surface area contributed by atoms with Crippen molar-refractivity contribution in [1.29, 1.82) is 0 Å². The molecule has 164 valence electrons. The summed E-state index contributed by atoms with van der Waals surface area (Å²) in [4.78, 5) is 13.0. The predicted molar refractivity (Wildman–Crippen MR) is 142 cm³/mol. The SMILES string of the molecule is O=c1oc2ccccc2c2c1ccc1c3ccccc3n(-c3ccc4oc5ccccc5c4c3)c12. The normalized spacial score (nSPS) is 12.1. The van der Waals surface area contributed by atoms with Gasteiger partial charge in [0.2, 0.25) is 0 Å². The molecule has 0 unspecified atom stereocenters. The molecule has 3 heterocycles.